The number of halogens is 1. The fourth-order valence-corrected chi connectivity index (χ4v) is 0.507. The van der Waals surface area contributed by atoms with E-state index in [0.717, 1.165) is 6.20 Å². The summed E-state index contributed by atoms with van der Waals surface area (Å²) < 4.78 is 12.2. The maximum absolute atomic E-state index is 12.2. The quantitative estimate of drug-likeness (QED) is 0.466. The van der Waals surface area contributed by atoms with Gasteiger partial charge in [0, 0.05) is 0 Å². The third-order valence-electron chi connectivity index (χ3n) is 0.911. The van der Waals surface area contributed by atoms with E-state index in [9.17, 15) is 4.39 Å². The summed E-state index contributed by atoms with van der Waals surface area (Å²) in [7, 11) is 0. The highest BCUT2D eigenvalue weighted by molar-refractivity contribution is 5.37. The van der Waals surface area contributed by atoms with Gasteiger partial charge in [0.1, 0.15) is 11.6 Å². The molecule has 0 aliphatic rings. The average Bonchev–Trinajstić information content (AvgIpc) is 1.95. The van der Waals surface area contributed by atoms with Crippen molar-refractivity contribution in [3.8, 4) is 6.19 Å². The van der Waals surface area contributed by atoms with Gasteiger partial charge >= 0.3 is 0 Å². The van der Waals surface area contributed by atoms with Gasteiger partial charge in [0.05, 0.1) is 6.20 Å². The zero-order valence-corrected chi connectivity index (χ0v) is 5.00. The summed E-state index contributed by atoms with van der Waals surface area (Å²) in [4.78, 5) is 3.56. The van der Waals surface area contributed by atoms with E-state index < -0.39 is 5.82 Å². The van der Waals surface area contributed by atoms with Gasteiger partial charge in [0.2, 0.25) is 0 Å². The highest BCUT2D eigenvalue weighted by Crippen LogP contribution is 2.01. The van der Waals surface area contributed by atoms with Gasteiger partial charge in [-0.15, -0.1) is 0 Å². The Hall–Kier alpha value is -1.63. The monoisotopic (exact) mass is 137 g/mol. The second kappa shape index (κ2) is 2.78. The highest BCUT2D eigenvalue weighted by atomic mass is 19.1. The Balaban J connectivity index is 2.81. The van der Waals surface area contributed by atoms with E-state index in [4.69, 9.17) is 5.26 Å². The lowest BCUT2D eigenvalue weighted by Gasteiger charge is -1.92. The topological polar surface area (TPSA) is 48.7 Å². The Morgan fingerprint density at radius 2 is 2.40 bits per heavy atom. The predicted molar refractivity (Wildman–Crippen MR) is 33.4 cm³/mol. The number of rotatable bonds is 1. The van der Waals surface area contributed by atoms with E-state index in [2.05, 4.69) is 10.3 Å². The van der Waals surface area contributed by atoms with Crippen molar-refractivity contribution < 1.29 is 4.39 Å². The largest absolute Gasteiger partial charge is 0.277 e. The molecule has 0 saturated heterocycles. The summed E-state index contributed by atoms with van der Waals surface area (Å²) in [5.74, 6) is -0.0626. The smallest absolute Gasteiger partial charge is 0.182 e. The van der Waals surface area contributed by atoms with E-state index in [1.807, 2.05) is 0 Å². The lowest BCUT2D eigenvalue weighted by atomic mass is 10.4. The SMILES string of the molecule is N#CNc1ccc(F)cn1. The molecule has 0 amide bonds. The van der Waals surface area contributed by atoms with Gasteiger partial charge in [-0.1, -0.05) is 0 Å². The molecule has 4 heteroatoms. The highest BCUT2D eigenvalue weighted by Gasteiger charge is 1.90. The van der Waals surface area contributed by atoms with Gasteiger partial charge in [-0.05, 0) is 12.1 Å². The summed E-state index contributed by atoms with van der Waals surface area (Å²) >= 11 is 0. The molecule has 0 fully saturated rings. The van der Waals surface area contributed by atoms with Crippen LogP contribution in [-0.4, -0.2) is 4.98 Å². The lowest BCUT2D eigenvalue weighted by Crippen LogP contribution is -1.90. The molecule has 50 valence electrons. The summed E-state index contributed by atoms with van der Waals surface area (Å²) in [5.41, 5.74) is 0. The molecule has 10 heavy (non-hydrogen) atoms. The van der Waals surface area contributed by atoms with Crippen LogP contribution in [0.4, 0.5) is 10.2 Å². The second-order valence-corrected chi connectivity index (χ2v) is 1.60. The zero-order chi connectivity index (χ0) is 7.40. The molecule has 0 atom stereocenters. The van der Waals surface area contributed by atoms with Crippen LogP contribution in [0.1, 0.15) is 0 Å². The molecule has 0 aliphatic heterocycles. The Kier molecular flexibility index (Phi) is 1.80. The molecule has 0 bridgehead atoms. The first-order chi connectivity index (χ1) is 4.83. The molecule has 1 aromatic heterocycles. The van der Waals surface area contributed by atoms with E-state index in [0.29, 0.717) is 5.82 Å². The van der Waals surface area contributed by atoms with E-state index in [1.165, 1.54) is 12.1 Å². The Labute approximate surface area is 57.1 Å². The standard InChI is InChI=1S/C6H4FN3/c7-5-1-2-6(9-3-5)10-4-8/h1-3H,(H,9,10). The van der Waals surface area contributed by atoms with Crippen LogP contribution in [-0.2, 0) is 0 Å². The molecule has 1 heterocycles. The number of nitrogens with one attached hydrogen (secondary N) is 1. The van der Waals surface area contributed by atoms with Gasteiger partial charge in [-0.25, -0.2) is 9.37 Å². The van der Waals surface area contributed by atoms with E-state index in [1.54, 1.807) is 6.19 Å². The molecule has 1 rings (SSSR count). The number of anilines is 1. The maximum atomic E-state index is 12.2. The Morgan fingerprint density at radius 1 is 1.60 bits per heavy atom. The van der Waals surface area contributed by atoms with Crippen molar-refractivity contribution >= 4 is 5.82 Å². The minimum atomic E-state index is -0.413. The van der Waals surface area contributed by atoms with Crippen molar-refractivity contribution in [1.29, 1.82) is 5.26 Å². The van der Waals surface area contributed by atoms with E-state index in [-0.39, 0.29) is 0 Å². The molecular weight excluding hydrogens is 133 g/mol. The van der Waals surface area contributed by atoms with Gasteiger partial charge in [0.15, 0.2) is 6.19 Å². The van der Waals surface area contributed by atoms with Crippen molar-refractivity contribution in [2.24, 2.45) is 0 Å². The fraction of sp³-hybridized carbons (Fsp3) is 0. The molecule has 0 radical (unpaired) electrons. The molecule has 0 aliphatic carbocycles. The molecule has 3 nitrogen and oxygen atoms in total. The normalized spacial score (nSPS) is 8.40. The number of nitrogens with zero attached hydrogens (tertiary/aromatic N) is 2. The van der Waals surface area contributed by atoms with Crippen molar-refractivity contribution in [3.05, 3.63) is 24.1 Å². The van der Waals surface area contributed by atoms with Crippen LogP contribution >= 0.6 is 0 Å². The second-order valence-electron chi connectivity index (χ2n) is 1.60. The summed E-state index contributed by atoms with van der Waals surface area (Å²) in [6.45, 7) is 0. The lowest BCUT2D eigenvalue weighted by molar-refractivity contribution is 0.622. The van der Waals surface area contributed by atoms with Crippen molar-refractivity contribution in [2.75, 3.05) is 5.32 Å². The third kappa shape index (κ3) is 1.42. The first-order valence-electron chi connectivity index (χ1n) is 2.59. The number of aromatic nitrogens is 1. The molecule has 1 N–H and O–H groups in total. The number of nitriles is 1. The van der Waals surface area contributed by atoms with Crippen LogP contribution in [0.25, 0.3) is 0 Å². The van der Waals surface area contributed by atoms with Gasteiger partial charge in [-0.3, -0.25) is 5.32 Å². The summed E-state index contributed by atoms with van der Waals surface area (Å²) in [6, 6.07) is 2.62. The van der Waals surface area contributed by atoms with E-state index >= 15 is 0 Å². The van der Waals surface area contributed by atoms with Crippen LogP contribution in [0, 0.1) is 17.3 Å². The Morgan fingerprint density at radius 3 is 2.90 bits per heavy atom. The van der Waals surface area contributed by atoms with Crippen molar-refractivity contribution in [1.82, 2.24) is 4.98 Å². The molecular formula is C6H4FN3. The molecule has 0 spiro atoms. The first-order valence-corrected chi connectivity index (χ1v) is 2.59. The third-order valence-corrected chi connectivity index (χ3v) is 0.911. The number of pyridine rings is 1. The number of hydrogen-bond donors (Lipinski definition) is 1. The summed E-state index contributed by atoms with van der Waals surface area (Å²) in [6.07, 6.45) is 2.71. The summed E-state index contributed by atoms with van der Waals surface area (Å²) in [5, 5.41) is 10.4. The maximum Gasteiger partial charge on any atom is 0.182 e. The van der Waals surface area contributed by atoms with Crippen molar-refractivity contribution in [2.45, 2.75) is 0 Å². The average molecular weight is 137 g/mol. The molecule has 1 aromatic rings. The predicted octanol–water partition coefficient (Wildman–Crippen LogP) is 1.11. The zero-order valence-electron chi connectivity index (χ0n) is 5.00. The first kappa shape index (κ1) is 6.49. The molecule has 0 aromatic carbocycles. The Bertz CT molecular complexity index is 249. The van der Waals surface area contributed by atoms with Crippen LogP contribution in [0.15, 0.2) is 18.3 Å². The van der Waals surface area contributed by atoms with Crippen LogP contribution in [0.3, 0.4) is 0 Å². The van der Waals surface area contributed by atoms with Crippen LogP contribution in [0.5, 0.6) is 0 Å². The van der Waals surface area contributed by atoms with Gasteiger partial charge < -0.3 is 0 Å². The minimum absolute atomic E-state index is 0.351. The molecule has 0 saturated carbocycles. The van der Waals surface area contributed by atoms with Crippen LogP contribution in [0.2, 0.25) is 0 Å². The molecule has 0 unspecified atom stereocenters. The fourth-order valence-electron chi connectivity index (χ4n) is 0.507. The minimum Gasteiger partial charge on any atom is -0.277 e. The van der Waals surface area contributed by atoms with Gasteiger partial charge in [0.25, 0.3) is 0 Å². The van der Waals surface area contributed by atoms with Crippen LogP contribution < -0.4 is 5.32 Å². The van der Waals surface area contributed by atoms with Crippen molar-refractivity contribution in [3.63, 3.8) is 0 Å². The number of hydrogen-bond acceptors (Lipinski definition) is 3. The van der Waals surface area contributed by atoms with Gasteiger partial charge in [-0.2, -0.15) is 5.26 Å².